The summed E-state index contributed by atoms with van der Waals surface area (Å²) in [5.41, 5.74) is 0. The summed E-state index contributed by atoms with van der Waals surface area (Å²) in [6.45, 7) is 0. The van der Waals surface area contributed by atoms with Crippen LogP contribution in [-0.2, 0) is 52.3 Å². The molecule has 0 heterocycles. The predicted octanol–water partition coefficient (Wildman–Crippen LogP) is 1.68. The molecule has 0 saturated heterocycles. The Morgan fingerprint density at radius 3 is 0.800 bits per heavy atom. The smallest absolute Gasteiger partial charge is 2.00 e. The molecule has 0 aromatic heterocycles. The van der Waals surface area contributed by atoms with Crippen LogP contribution in [0.5, 0.6) is 0 Å². The van der Waals surface area contributed by atoms with E-state index in [4.69, 9.17) is 0 Å². The van der Waals surface area contributed by atoms with Crippen LogP contribution < -0.4 is 0 Å². The van der Waals surface area contributed by atoms with Crippen LogP contribution in [0.3, 0.4) is 0 Å². The van der Waals surface area contributed by atoms with Crippen LogP contribution >= 0.6 is 26.6 Å². The molecule has 0 aliphatic rings. The molecule has 0 aliphatic carbocycles. The van der Waals surface area contributed by atoms with Crippen molar-refractivity contribution in [3.05, 3.63) is 0 Å². The quantitative estimate of drug-likeness (QED) is 0.393. The third kappa shape index (κ3) is 19.9. The third-order valence-corrected chi connectivity index (χ3v) is 0. The van der Waals surface area contributed by atoms with Crippen molar-refractivity contribution in [2.45, 2.75) is 0 Å². The van der Waals surface area contributed by atoms with E-state index in [9.17, 15) is 0 Å². The number of hydrogen-bond donors (Lipinski definition) is 0. The summed E-state index contributed by atoms with van der Waals surface area (Å²) in [6, 6.07) is 0. The molecule has 0 atom stereocenters. The van der Waals surface area contributed by atoms with Gasteiger partial charge in [-0.3, -0.25) is 0 Å². The molecule has 5 heteroatoms. The summed E-state index contributed by atoms with van der Waals surface area (Å²) in [7, 11) is 0. The number of halogens is 2. The average Bonchev–Trinajstić information content (AvgIpc) is 1.50. The van der Waals surface area contributed by atoms with Gasteiger partial charge in [0, 0.05) is 0 Å². The van der Waals surface area contributed by atoms with E-state index in [1.807, 2.05) is 35.5 Å². The van der Waals surface area contributed by atoms with Gasteiger partial charge in [-0.2, -0.15) is 0 Å². The predicted molar refractivity (Wildman–Crippen MR) is 17.9 cm³/mol. The summed E-state index contributed by atoms with van der Waals surface area (Å²) in [4.78, 5) is 0. The van der Waals surface area contributed by atoms with Gasteiger partial charge in [-0.1, -0.05) is 0 Å². The van der Waals surface area contributed by atoms with Gasteiger partial charge in [-0.25, -0.2) is 0 Å². The second-order valence-electron chi connectivity index (χ2n) is 0. The minimum atomic E-state index is 0. The molecule has 0 fully saturated rings. The van der Waals surface area contributed by atoms with Gasteiger partial charge in [-0.15, -0.1) is 0 Å². The standard InChI is InChI=1S/2BrH.Co.2Pt/h2*1H;;;/q;;+2;;/p-2. The van der Waals surface area contributed by atoms with E-state index in [2.05, 4.69) is 26.6 Å². The van der Waals surface area contributed by atoms with Gasteiger partial charge in [0.2, 0.25) is 0 Å². The second kappa shape index (κ2) is 28.9. The Kier molecular flexibility index (Phi) is 90.5. The topological polar surface area (TPSA) is 0 Å². The van der Waals surface area contributed by atoms with Crippen molar-refractivity contribution >= 4 is 26.6 Å². The molecule has 43 valence electrons. The Morgan fingerprint density at radius 1 is 0.800 bits per heavy atom. The molecule has 0 aromatic rings. The molecule has 0 aliphatic heterocycles. The maximum absolute atomic E-state index is 2.91. The summed E-state index contributed by atoms with van der Waals surface area (Å²) in [5, 5.41) is 0. The molecular formula is Br2CoPt2. The molecule has 0 spiro atoms. The first-order chi connectivity index (χ1) is 2.00. The first kappa shape index (κ1) is 15.7. The average molecular weight is 609 g/mol. The molecule has 0 aromatic carbocycles. The number of rotatable bonds is 0. The fourth-order valence-electron chi connectivity index (χ4n) is 0. The van der Waals surface area contributed by atoms with Crippen molar-refractivity contribution in [2.24, 2.45) is 0 Å². The van der Waals surface area contributed by atoms with Crippen molar-refractivity contribution in [3.63, 3.8) is 0 Å². The Hall–Kier alpha value is 2.84. The van der Waals surface area contributed by atoms with E-state index in [1.54, 1.807) is 0 Å². The Balaban J connectivity index is -0.0000000133. The molecule has 1 radical (unpaired) electrons. The molecule has 0 nitrogen and oxygen atoms in total. The Morgan fingerprint density at radius 2 is 0.800 bits per heavy atom. The third-order valence-electron chi connectivity index (χ3n) is 0. The minimum Gasteiger partial charge on any atom is 2.00 e. The van der Waals surface area contributed by atoms with Crippen molar-refractivity contribution < 1.29 is 52.3 Å². The minimum absolute atomic E-state index is 0. The van der Waals surface area contributed by atoms with E-state index in [0.717, 1.165) is 0 Å². The van der Waals surface area contributed by atoms with E-state index < -0.39 is 0 Å². The monoisotopic (exact) mass is 607 g/mol. The SMILES string of the molecule is [Br][Pt-].[Br][Pt-].[Co+2]. The molecule has 0 saturated carbocycles. The first-order valence-electron chi connectivity index (χ1n) is 0.239. The fourth-order valence-corrected chi connectivity index (χ4v) is 0. The fraction of sp³-hybridized carbons (Fsp3) is 0. The summed E-state index contributed by atoms with van der Waals surface area (Å²) in [5.74, 6) is 0. The van der Waals surface area contributed by atoms with Gasteiger partial charge in [0.1, 0.15) is 0 Å². The van der Waals surface area contributed by atoms with E-state index in [-0.39, 0.29) is 16.8 Å². The van der Waals surface area contributed by atoms with Gasteiger partial charge in [-0.05, 0) is 0 Å². The summed E-state index contributed by atoms with van der Waals surface area (Å²) >= 11 is 9.72. The van der Waals surface area contributed by atoms with Crippen LogP contribution in [0.1, 0.15) is 0 Å². The van der Waals surface area contributed by atoms with E-state index in [0.29, 0.717) is 0 Å². The van der Waals surface area contributed by atoms with E-state index in [1.165, 1.54) is 0 Å². The summed E-state index contributed by atoms with van der Waals surface area (Å²) < 4.78 is 0. The molecule has 0 rings (SSSR count). The zero-order valence-electron chi connectivity index (χ0n) is 1.72. The zero-order valence-corrected chi connectivity index (χ0v) is 10.5. The molecular weight excluding hydrogens is 609 g/mol. The normalized spacial score (nSPS) is 2.80. The van der Waals surface area contributed by atoms with E-state index >= 15 is 0 Å². The molecule has 0 bridgehead atoms. The van der Waals surface area contributed by atoms with Crippen LogP contribution in [0, 0.1) is 0 Å². The van der Waals surface area contributed by atoms with Gasteiger partial charge < -0.3 is 0 Å². The van der Waals surface area contributed by atoms with Gasteiger partial charge in [0.25, 0.3) is 0 Å². The Labute approximate surface area is 77.5 Å². The Bertz CT molecular complexity index is 7.61. The molecule has 0 amide bonds. The van der Waals surface area contributed by atoms with Gasteiger partial charge in [0.05, 0.1) is 0 Å². The van der Waals surface area contributed by atoms with Crippen molar-refractivity contribution in [1.29, 1.82) is 0 Å². The van der Waals surface area contributed by atoms with Gasteiger partial charge >= 0.3 is 78.9 Å². The van der Waals surface area contributed by atoms with Crippen molar-refractivity contribution in [1.82, 2.24) is 0 Å². The van der Waals surface area contributed by atoms with Crippen molar-refractivity contribution in [2.75, 3.05) is 0 Å². The molecule has 0 unspecified atom stereocenters. The largest absolute Gasteiger partial charge is 2.00 e. The first-order valence-corrected chi connectivity index (χ1v) is 10.2. The van der Waals surface area contributed by atoms with Crippen LogP contribution in [0.25, 0.3) is 0 Å². The van der Waals surface area contributed by atoms with Gasteiger partial charge in [0.15, 0.2) is 0 Å². The maximum atomic E-state index is 2.91. The maximum Gasteiger partial charge on any atom is 2.00 e. The zero-order chi connectivity index (χ0) is 4.00. The van der Waals surface area contributed by atoms with Crippen LogP contribution in [-0.4, -0.2) is 0 Å². The second-order valence-corrected chi connectivity index (χ2v) is 0. The van der Waals surface area contributed by atoms with Crippen LogP contribution in [0.2, 0.25) is 0 Å². The number of hydrogen-bond acceptors (Lipinski definition) is 0. The summed E-state index contributed by atoms with van der Waals surface area (Å²) in [6.07, 6.45) is 0. The van der Waals surface area contributed by atoms with Crippen LogP contribution in [0.15, 0.2) is 0 Å². The van der Waals surface area contributed by atoms with Crippen molar-refractivity contribution in [3.8, 4) is 0 Å². The molecule has 5 heavy (non-hydrogen) atoms. The molecule has 0 N–H and O–H groups in total. The van der Waals surface area contributed by atoms with Crippen LogP contribution in [0.4, 0.5) is 0 Å².